The van der Waals surface area contributed by atoms with Crippen molar-refractivity contribution in [3.8, 4) is 0 Å². The van der Waals surface area contributed by atoms with Crippen molar-refractivity contribution in [3.05, 3.63) is 108 Å². The van der Waals surface area contributed by atoms with Crippen LogP contribution in [0.3, 0.4) is 0 Å². The molecule has 0 saturated heterocycles. The fourth-order valence-corrected chi connectivity index (χ4v) is 5.00. The van der Waals surface area contributed by atoms with Gasteiger partial charge in [0.1, 0.15) is 18.2 Å². The van der Waals surface area contributed by atoms with E-state index in [0.717, 1.165) is 16.7 Å². The molecule has 0 spiro atoms. The van der Waals surface area contributed by atoms with Gasteiger partial charge in [0.15, 0.2) is 5.78 Å². The van der Waals surface area contributed by atoms with Gasteiger partial charge >= 0.3 is 12.2 Å². The summed E-state index contributed by atoms with van der Waals surface area (Å²) in [6.07, 6.45) is 0.424. The van der Waals surface area contributed by atoms with Gasteiger partial charge in [-0.1, -0.05) is 91.0 Å². The summed E-state index contributed by atoms with van der Waals surface area (Å²) < 4.78 is 10.6. The van der Waals surface area contributed by atoms with Crippen molar-refractivity contribution < 1.29 is 33.4 Å². The highest BCUT2D eigenvalue weighted by molar-refractivity contribution is 5.91. The minimum absolute atomic E-state index is 0.153. The van der Waals surface area contributed by atoms with Crippen molar-refractivity contribution in [2.45, 2.75) is 83.2 Å². The third-order valence-corrected chi connectivity index (χ3v) is 7.55. The summed E-state index contributed by atoms with van der Waals surface area (Å²) >= 11 is 0. The molecule has 0 radical (unpaired) electrons. The molecule has 0 aromatic heterocycles. The lowest BCUT2D eigenvalue weighted by molar-refractivity contribution is -0.129. The lowest BCUT2D eigenvalue weighted by atomic mass is 10.0. The van der Waals surface area contributed by atoms with E-state index < -0.39 is 47.7 Å². The topological polar surface area (TPSA) is 178 Å². The van der Waals surface area contributed by atoms with Crippen molar-refractivity contribution in [2.75, 3.05) is 13.1 Å². The zero-order valence-electron chi connectivity index (χ0n) is 29.0. The molecule has 0 unspecified atom stereocenters. The number of benzene rings is 3. The number of rotatable bonds is 19. The first kappa shape index (κ1) is 39.2. The van der Waals surface area contributed by atoms with Gasteiger partial charge in [0.2, 0.25) is 11.8 Å². The van der Waals surface area contributed by atoms with E-state index >= 15 is 0 Å². The zero-order chi connectivity index (χ0) is 36.4. The summed E-state index contributed by atoms with van der Waals surface area (Å²) in [6.45, 7) is 5.42. The molecule has 4 amide bonds. The van der Waals surface area contributed by atoms with Gasteiger partial charge in [-0.05, 0) is 69.6 Å². The van der Waals surface area contributed by atoms with E-state index in [1.54, 1.807) is 20.8 Å². The first-order valence-electron chi connectivity index (χ1n) is 16.8. The summed E-state index contributed by atoms with van der Waals surface area (Å²) in [5.74, 6) is -1.56. The van der Waals surface area contributed by atoms with Crippen molar-refractivity contribution in [2.24, 2.45) is 5.73 Å². The first-order valence-corrected chi connectivity index (χ1v) is 16.8. The molecule has 268 valence electrons. The molecule has 50 heavy (non-hydrogen) atoms. The largest absolute Gasteiger partial charge is 0.445 e. The third-order valence-electron chi connectivity index (χ3n) is 7.55. The number of carbonyl (C=O) groups is 5. The maximum absolute atomic E-state index is 13.6. The van der Waals surface area contributed by atoms with Crippen molar-refractivity contribution in [1.82, 2.24) is 21.3 Å². The molecule has 3 atom stereocenters. The van der Waals surface area contributed by atoms with E-state index in [4.69, 9.17) is 15.2 Å². The summed E-state index contributed by atoms with van der Waals surface area (Å²) in [6, 6.07) is 25.0. The molecule has 6 N–H and O–H groups in total. The molecule has 12 heteroatoms. The van der Waals surface area contributed by atoms with Gasteiger partial charge in [-0.3, -0.25) is 19.7 Å². The standard InChI is InChI=1S/C38H49N5O7/c1-38(2,3)50-37(48)43-31(23-27-15-7-4-8-16-27)33(44)25-41-32(24-28-17-9-5-10-18-28)35(46)42-30(34(39)45)21-13-14-22-40-36(47)49-26-29-19-11-6-12-20-29/h4-12,15-20,30-32,41H,13-14,21-26H2,1-3H3,(H2,39,45)(H,40,47)(H,42,46)(H,43,48)/t30-,31-,32-/m0/s1. The van der Waals surface area contributed by atoms with E-state index in [-0.39, 0.29) is 38.2 Å². The smallest absolute Gasteiger partial charge is 0.408 e. The summed E-state index contributed by atoms with van der Waals surface area (Å²) in [4.78, 5) is 64.1. The monoisotopic (exact) mass is 687 g/mol. The Hall–Kier alpha value is -5.23. The van der Waals surface area contributed by atoms with Gasteiger partial charge in [-0.15, -0.1) is 0 Å². The Bertz CT molecular complexity index is 1510. The predicted octanol–water partition coefficient (Wildman–Crippen LogP) is 3.96. The van der Waals surface area contributed by atoms with Crippen LogP contribution in [0.1, 0.15) is 56.7 Å². The highest BCUT2D eigenvalue weighted by Crippen LogP contribution is 2.11. The number of hydrogen-bond acceptors (Lipinski definition) is 8. The van der Waals surface area contributed by atoms with Crippen LogP contribution in [0.4, 0.5) is 9.59 Å². The van der Waals surface area contributed by atoms with Gasteiger partial charge in [0.25, 0.3) is 0 Å². The number of ketones is 1. The summed E-state index contributed by atoms with van der Waals surface area (Å²) in [5.41, 5.74) is 7.43. The van der Waals surface area contributed by atoms with Crippen LogP contribution in [-0.4, -0.2) is 66.6 Å². The summed E-state index contributed by atoms with van der Waals surface area (Å²) in [7, 11) is 0. The average Bonchev–Trinajstić information content (AvgIpc) is 3.08. The number of ether oxygens (including phenoxy) is 2. The molecular formula is C38H49N5O7. The van der Waals surface area contributed by atoms with Gasteiger partial charge < -0.3 is 31.2 Å². The number of amides is 4. The lowest BCUT2D eigenvalue weighted by Crippen LogP contribution is -2.54. The average molecular weight is 688 g/mol. The molecule has 3 aromatic carbocycles. The number of hydrogen-bond donors (Lipinski definition) is 5. The number of carbonyl (C=O) groups excluding carboxylic acids is 5. The molecule has 0 heterocycles. The molecule has 0 aliphatic heterocycles. The molecule has 0 fully saturated rings. The van der Waals surface area contributed by atoms with Crippen molar-refractivity contribution >= 4 is 29.8 Å². The Morgan fingerprint density at radius 2 is 1.22 bits per heavy atom. The second-order valence-corrected chi connectivity index (χ2v) is 12.9. The minimum Gasteiger partial charge on any atom is -0.445 e. The lowest BCUT2D eigenvalue weighted by Gasteiger charge is -2.25. The highest BCUT2D eigenvalue weighted by Gasteiger charge is 2.28. The van der Waals surface area contributed by atoms with Crippen LogP contribution in [0.5, 0.6) is 0 Å². The quantitative estimate of drug-likeness (QED) is 0.118. The minimum atomic E-state index is -0.969. The van der Waals surface area contributed by atoms with Gasteiger partial charge in [0.05, 0.1) is 18.6 Å². The van der Waals surface area contributed by atoms with Crippen molar-refractivity contribution in [1.29, 1.82) is 0 Å². The maximum Gasteiger partial charge on any atom is 0.408 e. The van der Waals surface area contributed by atoms with Crippen LogP contribution in [-0.2, 0) is 43.3 Å². The molecule has 3 rings (SSSR count). The number of nitrogens with two attached hydrogens (primary N) is 1. The highest BCUT2D eigenvalue weighted by atomic mass is 16.6. The van der Waals surface area contributed by atoms with Crippen LogP contribution in [0.15, 0.2) is 91.0 Å². The van der Waals surface area contributed by atoms with Crippen LogP contribution >= 0.6 is 0 Å². The number of alkyl carbamates (subject to hydrolysis) is 2. The number of unbranched alkanes of at least 4 members (excludes halogenated alkanes) is 1. The molecule has 0 bridgehead atoms. The van der Waals surface area contributed by atoms with Gasteiger partial charge in [-0.25, -0.2) is 9.59 Å². The number of nitrogens with one attached hydrogen (secondary N) is 4. The number of Topliss-reactive ketones (excluding diaryl/α,β-unsaturated/α-hetero) is 1. The third kappa shape index (κ3) is 15.3. The first-order chi connectivity index (χ1) is 23.9. The van der Waals surface area contributed by atoms with Crippen LogP contribution in [0.25, 0.3) is 0 Å². The van der Waals surface area contributed by atoms with Crippen LogP contribution < -0.4 is 27.0 Å². The van der Waals surface area contributed by atoms with E-state index in [1.807, 2.05) is 91.0 Å². The van der Waals surface area contributed by atoms with E-state index in [0.29, 0.717) is 19.4 Å². The summed E-state index contributed by atoms with van der Waals surface area (Å²) in [5, 5.41) is 11.1. The second-order valence-electron chi connectivity index (χ2n) is 12.9. The molecule has 0 saturated carbocycles. The Labute approximate surface area is 293 Å². The second kappa shape index (κ2) is 20.3. The Balaban J connectivity index is 1.59. The van der Waals surface area contributed by atoms with E-state index in [9.17, 15) is 24.0 Å². The fourth-order valence-electron chi connectivity index (χ4n) is 5.00. The van der Waals surface area contributed by atoms with E-state index in [1.165, 1.54) is 0 Å². The number of primary amides is 1. The molecular weight excluding hydrogens is 638 g/mol. The molecule has 12 nitrogen and oxygen atoms in total. The normalized spacial score (nSPS) is 12.9. The maximum atomic E-state index is 13.6. The predicted molar refractivity (Wildman–Crippen MR) is 190 cm³/mol. The molecule has 3 aromatic rings. The molecule has 0 aliphatic carbocycles. The Morgan fingerprint density at radius 3 is 1.76 bits per heavy atom. The van der Waals surface area contributed by atoms with Gasteiger partial charge in [0, 0.05) is 6.54 Å². The Morgan fingerprint density at radius 1 is 0.680 bits per heavy atom. The van der Waals surface area contributed by atoms with Crippen molar-refractivity contribution in [3.63, 3.8) is 0 Å². The van der Waals surface area contributed by atoms with Crippen LogP contribution in [0, 0.1) is 0 Å². The molecule has 0 aliphatic rings. The van der Waals surface area contributed by atoms with Gasteiger partial charge in [-0.2, -0.15) is 0 Å². The fraction of sp³-hybridized carbons (Fsp3) is 0.395. The van der Waals surface area contributed by atoms with Crippen LogP contribution in [0.2, 0.25) is 0 Å². The zero-order valence-corrected chi connectivity index (χ0v) is 29.0. The Kier molecular flexibility index (Phi) is 15.9. The SMILES string of the molecule is CC(C)(C)OC(=O)N[C@@H](Cc1ccccc1)C(=O)CN[C@@H](Cc1ccccc1)C(=O)N[C@@H](CCCCNC(=O)OCc1ccccc1)C(N)=O. The van der Waals surface area contributed by atoms with E-state index in [2.05, 4.69) is 21.3 Å².